The Balaban J connectivity index is 0.000000277. The minimum atomic E-state index is -5.08. The number of alkyl halides is 3. The summed E-state index contributed by atoms with van der Waals surface area (Å²) < 4.78 is 36.9. The monoisotopic (exact) mass is 360 g/mol. The van der Waals surface area contributed by atoms with Gasteiger partial charge in [-0.2, -0.15) is 13.2 Å². The molecule has 1 saturated heterocycles. The smallest absolute Gasteiger partial charge is 0.490 e. The number of aliphatic carboxylic acids is 1. The maximum absolute atomic E-state index is 11.2. The zero-order valence-electron chi connectivity index (χ0n) is 12.8. The van der Waals surface area contributed by atoms with Gasteiger partial charge in [0.1, 0.15) is 11.3 Å². The summed E-state index contributed by atoms with van der Waals surface area (Å²) in [4.78, 5) is 22.4. The van der Waals surface area contributed by atoms with E-state index in [-0.39, 0.29) is 5.75 Å². The molecule has 0 amide bonds. The predicted octanol–water partition coefficient (Wildman–Crippen LogP) is 1.54. The number of hydrogen-bond acceptors (Lipinski definition) is 6. The lowest BCUT2D eigenvalue weighted by molar-refractivity contribution is -0.192. The average Bonchev–Trinajstić information content (AvgIpc) is 2.54. The number of carboxylic acid groups (broad SMARTS) is 1. The lowest BCUT2D eigenvalue weighted by Crippen LogP contribution is -2.43. The fourth-order valence-corrected chi connectivity index (χ4v) is 2.25. The molecule has 0 bridgehead atoms. The molecule has 0 spiro atoms. The van der Waals surface area contributed by atoms with Gasteiger partial charge in [0, 0.05) is 37.9 Å². The third-order valence-electron chi connectivity index (χ3n) is 3.43. The molecular weight excluding hydrogens is 345 g/mol. The van der Waals surface area contributed by atoms with Crippen LogP contribution in [-0.4, -0.2) is 48.5 Å². The van der Waals surface area contributed by atoms with Crippen LogP contribution in [0.2, 0.25) is 0 Å². The number of benzene rings is 1. The fourth-order valence-electron chi connectivity index (χ4n) is 2.25. The maximum atomic E-state index is 11.2. The van der Waals surface area contributed by atoms with Crippen LogP contribution in [0.4, 0.5) is 18.9 Å². The first-order valence-electron chi connectivity index (χ1n) is 7.21. The molecule has 3 N–H and O–H groups in total. The quantitative estimate of drug-likeness (QED) is 0.663. The summed E-state index contributed by atoms with van der Waals surface area (Å²) in [7, 11) is 0. The van der Waals surface area contributed by atoms with Gasteiger partial charge in [0.05, 0.1) is 11.5 Å². The lowest BCUT2D eigenvalue weighted by atomic mass is 10.2. The molecule has 1 aromatic heterocycles. The van der Waals surface area contributed by atoms with E-state index in [4.69, 9.17) is 14.3 Å². The molecule has 10 heteroatoms. The summed E-state index contributed by atoms with van der Waals surface area (Å²) in [5.41, 5.74) is 0.909. The van der Waals surface area contributed by atoms with Crippen LogP contribution in [-0.2, 0) is 4.79 Å². The molecule has 3 rings (SSSR count). The number of nitrogens with one attached hydrogen (secondary N) is 1. The van der Waals surface area contributed by atoms with Gasteiger partial charge in [-0.25, -0.2) is 9.59 Å². The minimum absolute atomic E-state index is 0.0342. The molecule has 1 fully saturated rings. The number of carboxylic acids is 1. The summed E-state index contributed by atoms with van der Waals surface area (Å²) in [5.74, 6) is -2.79. The third kappa shape index (κ3) is 4.86. The Morgan fingerprint density at radius 3 is 2.36 bits per heavy atom. The van der Waals surface area contributed by atoms with Crippen LogP contribution in [0.25, 0.3) is 11.0 Å². The highest BCUT2D eigenvalue weighted by atomic mass is 19.4. The van der Waals surface area contributed by atoms with E-state index in [9.17, 15) is 23.1 Å². The molecular formula is C15H15F3N2O5. The summed E-state index contributed by atoms with van der Waals surface area (Å²) in [5, 5.41) is 20.6. The number of carbonyl (C=O) groups is 1. The second-order valence-corrected chi connectivity index (χ2v) is 5.17. The Labute approximate surface area is 139 Å². The first-order chi connectivity index (χ1) is 11.7. The minimum Gasteiger partial charge on any atom is -0.507 e. The highest BCUT2D eigenvalue weighted by Crippen LogP contribution is 2.27. The van der Waals surface area contributed by atoms with Gasteiger partial charge < -0.3 is 24.8 Å². The Hall–Kier alpha value is -2.75. The second kappa shape index (κ2) is 7.43. The van der Waals surface area contributed by atoms with Crippen LogP contribution in [0.15, 0.2) is 33.5 Å². The van der Waals surface area contributed by atoms with Crippen LogP contribution >= 0.6 is 0 Å². The Morgan fingerprint density at radius 1 is 1.20 bits per heavy atom. The number of aromatic hydroxyl groups is 1. The highest BCUT2D eigenvalue weighted by molar-refractivity contribution is 5.85. The molecule has 0 aliphatic carbocycles. The molecule has 1 aromatic carbocycles. The van der Waals surface area contributed by atoms with Crippen molar-refractivity contribution in [3.8, 4) is 5.75 Å². The molecule has 0 unspecified atom stereocenters. The van der Waals surface area contributed by atoms with E-state index in [2.05, 4.69) is 10.2 Å². The first-order valence-corrected chi connectivity index (χ1v) is 7.21. The fraction of sp³-hybridized carbons (Fsp3) is 0.333. The van der Waals surface area contributed by atoms with Gasteiger partial charge in [-0.15, -0.1) is 0 Å². The van der Waals surface area contributed by atoms with Crippen LogP contribution in [0.5, 0.6) is 5.75 Å². The van der Waals surface area contributed by atoms with E-state index >= 15 is 0 Å². The Morgan fingerprint density at radius 2 is 1.80 bits per heavy atom. The molecule has 1 aliphatic rings. The van der Waals surface area contributed by atoms with Crippen LogP contribution < -0.4 is 15.8 Å². The molecule has 0 radical (unpaired) electrons. The number of piperazine rings is 1. The van der Waals surface area contributed by atoms with Crippen molar-refractivity contribution in [2.45, 2.75) is 6.18 Å². The largest absolute Gasteiger partial charge is 0.507 e. The summed E-state index contributed by atoms with van der Waals surface area (Å²) in [6, 6.07) is 6.62. The molecule has 2 aromatic rings. The van der Waals surface area contributed by atoms with Gasteiger partial charge in [-0.3, -0.25) is 0 Å². The Bertz CT molecular complexity index is 813. The lowest BCUT2D eigenvalue weighted by Gasteiger charge is -2.29. The van der Waals surface area contributed by atoms with Crippen LogP contribution in [0.1, 0.15) is 0 Å². The zero-order chi connectivity index (χ0) is 18.6. The van der Waals surface area contributed by atoms with Crippen LogP contribution in [0.3, 0.4) is 0 Å². The van der Waals surface area contributed by atoms with E-state index in [1.54, 1.807) is 6.07 Å². The number of halogens is 3. The second-order valence-electron chi connectivity index (χ2n) is 5.17. The summed E-state index contributed by atoms with van der Waals surface area (Å²) in [6.45, 7) is 3.74. The van der Waals surface area contributed by atoms with Gasteiger partial charge in [-0.1, -0.05) is 0 Å². The number of nitrogens with zero attached hydrogens (tertiary/aromatic N) is 1. The molecule has 25 heavy (non-hydrogen) atoms. The number of hydrogen-bond donors (Lipinski definition) is 3. The molecule has 7 nitrogen and oxygen atoms in total. The number of anilines is 1. The standard InChI is InChI=1S/C13H14N2O3.C2HF3O2/c16-11-8-13(17)18-12-7-9(1-2-10(11)12)15-5-3-14-4-6-15;3-2(4,5)1(6)7/h1-2,7-8,14,16H,3-6H2;(H,6,7). The van der Waals surface area contributed by atoms with Crippen molar-refractivity contribution >= 4 is 22.6 Å². The average molecular weight is 360 g/mol. The molecule has 1 aliphatic heterocycles. The predicted molar refractivity (Wildman–Crippen MR) is 82.9 cm³/mol. The first kappa shape index (κ1) is 18.6. The van der Waals surface area contributed by atoms with E-state index in [1.807, 2.05) is 12.1 Å². The molecule has 0 saturated carbocycles. The van der Waals surface area contributed by atoms with Gasteiger partial charge in [-0.05, 0) is 12.1 Å². The SMILES string of the molecule is O=C(O)C(F)(F)F.O=c1cc(O)c2ccc(N3CCNCC3)cc2o1. The summed E-state index contributed by atoms with van der Waals surface area (Å²) >= 11 is 0. The number of rotatable bonds is 1. The topological polar surface area (TPSA) is 103 Å². The third-order valence-corrected chi connectivity index (χ3v) is 3.43. The van der Waals surface area contributed by atoms with E-state index < -0.39 is 17.8 Å². The van der Waals surface area contributed by atoms with Crippen molar-refractivity contribution in [3.63, 3.8) is 0 Å². The maximum Gasteiger partial charge on any atom is 0.490 e. The van der Waals surface area contributed by atoms with E-state index in [0.717, 1.165) is 37.9 Å². The van der Waals surface area contributed by atoms with Crippen molar-refractivity contribution in [3.05, 3.63) is 34.7 Å². The van der Waals surface area contributed by atoms with Crippen LogP contribution in [0, 0.1) is 0 Å². The van der Waals surface area contributed by atoms with Crippen molar-refractivity contribution < 1.29 is 32.6 Å². The number of fused-ring (bicyclic) bond motifs is 1. The van der Waals surface area contributed by atoms with Gasteiger partial charge >= 0.3 is 17.8 Å². The zero-order valence-corrected chi connectivity index (χ0v) is 12.8. The summed E-state index contributed by atoms with van der Waals surface area (Å²) in [6.07, 6.45) is -5.08. The van der Waals surface area contributed by atoms with Gasteiger partial charge in [0.2, 0.25) is 0 Å². The van der Waals surface area contributed by atoms with Crippen molar-refractivity contribution in [2.75, 3.05) is 31.1 Å². The molecule has 136 valence electrons. The van der Waals surface area contributed by atoms with E-state index in [0.29, 0.717) is 11.0 Å². The van der Waals surface area contributed by atoms with E-state index in [1.165, 1.54) is 0 Å². The van der Waals surface area contributed by atoms with Crippen molar-refractivity contribution in [1.29, 1.82) is 0 Å². The van der Waals surface area contributed by atoms with Gasteiger partial charge in [0.15, 0.2) is 0 Å². The normalized spacial score (nSPS) is 14.8. The van der Waals surface area contributed by atoms with Gasteiger partial charge in [0.25, 0.3) is 0 Å². The Kier molecular flexibility index (Phi) is 5.52. The molecule has 0 atom stereocenters. The molecule has 2 heterocycles. The van der Waals surface area contributed by atoms with Crippen molar-refractivity contribution in [1.82, 2.24) is 5.32 Å². The van der Waals surface area contributed by atoms with Crippen molar-refractivity contribution in [2.24, 2.45) is 0 Å². The highest BCUT2D eigenvalue weighted by Gasteiger charge is 2.38.